The molecule has 4 heteroatoms. The number of hydrogen-bond acceptors (Lipinski definition) is 4. The van der Waals surface area contributed by atoms with Gasteiger partial charge in [0, 0.05) is 24.8 Å². The molecule has 0 aromatic carbocycles. The van der Waals surface area contributed by atoms with Crippen molar-refractivity contribution in [2.45, 2.75) is 27.2 Å². The number of anilines is 1. The number of rotatable bonds is 6. The van der Waals surface area contributed by atoms with Crippen LogP contribution in [0.4, 0.5) is 5.82 Å². The number of aromatic nitrogens is 1. The minimum atomic E-state index is 0.0310. The number of nitrogens with zero attached hydrogens (tertiary/aromatic N) is 3. The molecule has 0 spiro atoms. The maximum Gasteiger partial charge on any atom is 0.159 e. The highest BCUT2D eigenvalue weighted by Gasteiger charge is 2.11. The quantitative estimate of drug-likeness (QED) is 0.723. The fourth-order valence-electron chi connectivity index (χ4n) is 1.74. The van der Waals surface area contributed by atoms with Crippen molar-refractivity contribution >= 4 is 11.6 Å². The largest absolute Gasteiger partial charge is 0.355 e. The summed E-state index contributed by atoms with van der Waals surface area (Å²) in [7, 11) is 0. The molecular formula is C14H19N3O. The Hall–Kier alpha value is -1.89. The molecule has 0 bridgehead atoms. The normalized spacial score (nSPS) is 10.2. The molecule has 18 heavy (non-hydrogen) atoms. The maximum absolute atomic E-state index is 11.4. The van der Waals surface area contributed by atoms with Gasteiger partial charge in [-0.15, -0.1) is 0 Å². The van der Waals surface area contributed by atoms with Gasteiger partial charge in [0.05, 0.1) is 12.5 Å². The number of hydrogen-bond donors (Lipinski definition) is 0. The summed E-state index contributed by atoms with van der Waals surface area (Å²) < 4.78 is 0. The van der Waals surface area contributed by atoms with Crippen LogP contribution in [0.3, 0.4) is 0 Å². The third-order valence-corrected chi connectivity index (χ3v) is 2.56. The lowest BCUT2D eigenvalue weighted by atomic mass is 10.1. The highest BCUT2D eigenvalue weighted by atomic mass is 16.1. The minimum Gasteiger partial charge on any atom is -0.355 e. The van der Waals surface area contributed by atoms with Crippen LogP contribution in [-0.2, 0) is 0 Å². The molecule has 0 aliphatic heterocycles. The van der Waals surface area contributed by atoms with Gasteiger partial charge in [0.15, 0.2) is 5.78 Å². The van der Waals surface area contributed by atoms with Gasteiger partial charge in [-0.2, -0.15) is 5.26 Å². The Morgan fingerprint density at radius 2 is 2.28 bits per heavy atom. The number of nitriles is 1. The molecular weight excluding hydrogens is 226 g/mol. The number of carbonyl (C=O) groups is 1. The lowest BCUT2D eigenvalue weighted by Gasteiger charge is -2.24. The summed E-state index contributed by atoms with van der Waals surface area (Å²) in [6.07, 6.45) is 2.10. The summed E-state index contributed by atoms with van der Waals surface area (Å²) in [5, 5.41) is 8.69. The van der Waals surface area contributed by atoms with Crippen molar-refractivity contribution in [3.05, 3.63) is 23.9 Å². The molecule has 4 nitrogen and oxygen atoms in total. The Morgan fingerprint density at radius 1 is 1.56 bits per heavy atom. The Balaban J connectivity index is 2.93. The van der Waals surface area contributed by atoms with Crippen molar-refractivity contribution in [1.29, 1.82) is 5.26 Å². The van der Waals surface area contributed by atoms with E-state index < -0.39 is 0 Å². The highest BCUT2D eigenvalue weighted by Crippen LogP contribution is 2.15. The van der Waals surface area contributed by atoms with E-state index >= 15 is 0 Å². The van der Waals surface area contributed by atoms with Gasteiger partial charge in [0.1, 0.15) is 5.82 Å². The van der Waals surface area contributed by atoms with E-state index in [0.29, 0.717) is 24.4 Å². The van der Waals surface area contributed by atoms with Gasteiger partial charge in [-0.3, -0.25) is 4.79 Å². The molecule has 1 heterocycles. The van der Waals surface area contributed by atoms with Crippen molar-refractivity contribution in [3.8, 4) is 6.07 Å². The van der Waals surface area contributed by atoms with Gasteiger partial charge < -0.3 is 4.90 Å². The fourth-order valence-corrected chi connectivity index (χ4v) is 1.74. The van der Waals surface area contributed by atoms with E-state index in [-0.39, 0.29) is 5.78 Å². The first-order chi connectivity index (χ1) is 8.54. The van der Waals surface area contributed by atoms with E-state index in [2.05, 4.69) is 29.8 Å². The summed E-state index contributed by atoms with van der Waals surface area (Å²) in [5.41, 5.74) is 0.658. The Morgan fingerprint density at radius 3 is 2.83 bits per heavy atom. The molecule has 1 rings (SSSR count). The molecule has 0 amide bonds. The average Bonchev–Trinajstić information content (AvgIpc) is 2.34. The topological polar surface area (TPSA) is 57.0 Å². The van der Waals surface area contributed by atoms with E-state index in [4.69, 9.17) is 5.26 Å². The van der Waals surface area contributed by atoms with Crippen molar-refractivity contribution in [1.82, 2.24) is 4.98 Å². The first-order valence-corrected chi connectivity index (χ1v) is 6.13. The van der Waals surface area contributed by atoms with Gasteiger partial charge in [-0.05, 0) is 25.0 Å². The number of pyridine rings is 1. The molecule has 1 aromatic rings. The van der Waals surface area contributed by atoms with Crippen LogP contribution in [0, 0.1) is 17.2 Å². The van der Waals surface area contributed by atoms with E-state index in [1.165, 1.54) is 0 Å². The molecule has 0 saturated heterocycles. The molecule has 0 unspecified atom stereocenters. The van der Waals surface area contributed by atoms with E-state index in [9.17, 15) is 4.79 Å². The number of carbonyl (C=O) groups excluding carboxylic acids is 1. The molecule has 0 saturated carbocycles. The van der Waals surface area contributed by atoms with E-state index in [1.807, 2.05) is 0 Å². The second-order valence-electron chi connectivity index (χ2n) is 4.71. The van der Waals surface area contributed by atoms with Crippen LogP contribution >= 0.6 is 0 Å². The standard InChI is InChI=1S/C14H19N3O/c1-11(2)10-17(8-4-6-15)14-9-13(12(3)18)5-7-16-14/h5,7,9,11H,4,8,10H2,1-3H3. The smallest absolute Gasteiger partial charge is 0.159 e. The molecule has 1 aromatic heterocycles. The molecule has 0 aliphatic carbocycles. The van der Waals surface area contributed by atoms with Gasteiger partial charge in [-0.1, -0.05) is 13.8 Å². The van der Waals surface area contributed by atoms with Gasteiger partial charge in [0.25, 0.3) is 0 Å². The molecule has 0 radical (unpaired) electrons. The van der Waals surface area contributed by atoms with E-state index in [1.54, 1.807) is 25.3 Å². The highest BCUT2D eigenvalue weighted by molar-refractivity contribution is 5.94. The van der Waals surface area contributed by atoms with Gasteiger partial charge in [0.2, 0.25) is 0 Å². The second kappa shape index (κ2) is 6.75. The maximum atomic E-state index is 11.4. The predicted octanol–water partition coefficient (Wildman–Crippen LogP) is 2.66. The van der Waals surface area contributed by atoms with Crippen molar-refractivity contribution in [2.75, 3.05) is 18.0 Å². The summed E-state index contributed by atoms with van der Waals surface area (Å²) in [6.45, 7) is 7.25. The minimum absolute atomic E-state index is 0.0310. The second-order valence-corrected chi connectivity index (χ2v) is 4.71. The van der Waals surface area contributed by atoms with Crippen LogP contribution in [0.15, 0.2) is 18.3 Å². The molecule has 0 atom stereocenters. The lowest BCUT2D eigenvalue weighted by Crippen LogP contribution is -2.29. The van der Waals surface area contributed by atoms with Crippen LogP contribution in [0.2, 0.25) is 0 Å². The van der Waals surface area contributed by atoms with Crippen molar-refractivity contribution < 1.29 is 4.79 Å². The Kier molecular flexibility index (Phi) is 5.31. The molecule has 96 valence electrons. The van der Waals surface area contributed by atoms with Crippen LogP contribution < -0.4 is 4.90 Å². The summed E-state index contributed by atoms with van der Waals surface area (Å²) >= 11 is 0. The third-order valence-electron chi connectivity index (χ3n) is 2.56. The number of ketones is 1. The monoisotopic (exact) mass is 245 g/mol. The SMILES string of the molecule is CC(=O)c1ccnc(N(CCC#N)CC(C)C)c1. The fraction of sp³-hybridized carbons (Fsp3) is 0.500. The summed E-state index contributed by atoms with van der Waals surface area (Å²) in [6, 6.07) is 5.65. The zero-order valence-electron chi connectivity index (χ0n) is 11.2. The Bertz CT molecular complexity index is 449. The van der Waals surface area contributed by atoms with Crippen molar-refractivity contribution in [2.24, 2.45) is 5.92 Å². The van der Waals surface area contributed by atoms with Crippen LogP contribution in [-0.4, -0.2) is 23.9 Å². The van der Waals surface area contributed by atoms with Crippen molar-refractivity contribution in [3.63, 3.8) is 0 Å². The molecule has 0 aliphatic rings. The van der Waals surface area contributed by atoms with Crippen LogP contribution in [0.25, 0.3) is 0 Å². The van der Waals surface area contributed by atoms with Crippen LogP contribution in [0.5, 0.6) is 0 Å². The summed E-state index contributed by atoms with van der Waals surface area (Å²) in [4.78, 5) is 17.7. The summed E-state index contributed by atoms with van der Waals surface area (Å²) in [5.74, 6) is 1.28. The first kappa shape index (κ1) is 14.2. The zero-order chi connectivity index (χ0) is 13.5. The Labute approximate surface area is 108 Å². The van der Waals surface area contributed by atoms with Gasteiger partial charge in [-0.25, -0.2) is 4.98 Å². The first-order valence-electron chi connectivity index (χ1n) is 6.13. The molecule has 0 N–H and O–H groups in total. The predicted molar refractivity (Wildman–Crippen MR) is 71.5 cm³/mol. The van der Waals surface area contributed by atoms with Crippen LogP contribution in [0.1, 0.15) is 37.6 Å². The van der Waals surface area contributed by atoms with E-state index in [0.717, 1.165) is 12.4 Å². The number of Topliss-reactive ketones (excluding diaryl/α,β-unsaturated/α-hetero) is 1. The lowest BCUT2D eigenvalue weighted by molar-refractivity contribution is 0.101. The zero-order valence-corrected chi connectivity index (χ0v) is 11.2. The molecule has 0 fully saturated rings. The third kappa shape index (κ3) is 4.17. The van der Waals surface area contributed by atoms with Gasteiger partial charge >= 0.3 is 0 Å². The average molecular weight is 245 g/mol.